The van der Waals surface area contributed by atoms with E-state index >= 15 is 0 Å². The molecule has 6 nitrogen and oxygen atoms in total. The van der Waals surface area contributed by atoms with E-state index in [1.54, 1.807) is 30.5 Å². The highest BCUT2D eigenvalue weighted by molar-refractivity contribution is 5.90. The van der Waals surface area contributed by atoms with Crippen molar-refractivity contribution in [1.29, 1.82) is 0 Å². The molecular formula is C22H29N3O3. The average Bonchev–Trinajstić information content (AvgIpc) is 2.65. The highest BCUT2D eigenvalue weighted by atomic mass is 16.5. The molecule has 0 unspecified atom stereocenters. The van der Waals surface area contributed by atoms with Crippen LogP contribution in [0.25, 0.3) is 0 Å². The lowest BCUT2D eigenvalue weighted by atomic mass is 9.97. The molecule has 0 atom stereocenters. The minimum atomic E-state index is -0.409. The molecule has 0 aliphatic heterocycles. The highest BCUT2D eigenvalue weighted by Gasteiger charge is 2.11. The van der Waals surface area contributed by atoms with E-state index in [9.17, 15) is 4.79 Å². The van der Waals surface area contributed by atoms with E-state index in [-0.39, 0.29) is 0 Å². The number of urea groups is 1. The van der Waals surface area contributed by atoms with Gasteiger partial charge in [-0.15, -0.1) is 0 Å². The smallest absolute Gasteiger partial charge is 0.339 e. The number of carbonyl (C=O) groups is 1. The van der Waals surface area contributed by atoms with Crippen molar-refractivity contribution in [3.63, 3.8) is 0 Å². The number of benzene rings is 2. The summed E-state index contributed by atoms with van der Waals surface area (Å²) < 4.78 is 11.1. The fourth-order valence-corrected chi connectivity index (χ4v) is 2.71. The second kappa shape index (κ2) is 10.3. The van der Waals surface area contributed by atoms with E-state index in [0.717, 1.165) is 28.2 Å². The Morgan fingerprint density at radius 2 is 1.79 bits per heavy atom. The van der Waals surface area contributed by atoms with Crippen LogP contribution in [0.15, 0.2) is 41.5 Å². The van der Waals surface area contributed by atoms with Crippen molar-refractivity contribution >= 4 is 17.9 Å². The molecule has 2 amide bonds. The molecule has 2 aromatic rings. The van der Waals surface area contributed by atoms with E-state index in [2.05, 4.69) is 35.8 Å². The molecule has 0 radical (unpaired) electrons. The zero-order chi connectivity index (χ0) is 20.5. The van der Waals surface area contributed by atoms with Gasteiger partial charge < -0.3 is 14.8 Å². The summed E-state index contributed by atoms with van der Waals surface area (Å²) in [6.45, 7) is 11.4. The Morgan fingerprint density at radius 1 is 1.11 bits per heavy atom. The third-order valence-corrected chi connectivity index (χ3v) is 4.11. The molecule has 2 rings (SSSR count). The molecule has 0 aromatic heterocycles. The summed E-state index contributed by atoms with van der Waals surface area (Å²) in [5, 5.41) is 6.80. The van der Waals surface area contributed by atoms with Crippen LogP contribution in [0.3, 0.4) is 0 Å². The van der Waals surface area contributed by atoms with Crippen LogP contribution in [-0.2, 0) is 0 Å². The number of hydrogen-bond acceptors (Lipinski definition) is 4. The predicted octanol–water partition coefficient (Wildman–Crippen LogP) is 5.07. The Hall–Kier alpha value is -3.02. The van der Waals surface area contributed by atoms with Gasteiger partial charge in [-0.2, -0.15) is 5.10 Å². The van der Waals surface area contributed by atoms with E-state index in [1.807, 2.05) is 26.8 Å². The summed E-state index contributed by atoms with van der Waals surface area (Å²) in [6.07, 6.45) is 1.65. The van der Waals surface area contributed by atoms with E-state index in [1.165, 1.54) is 0 Å². The average molecular weight is 383 g/mol. The van der Waals surface area contributed by atoms with Gasteiger partial charge in [-0.3, -0.25) is 0 Å². The number of anilines is 1. The van der Waals surface area contributed by atoms with Gasteiger partial charge in [-0.25, -0.2) is 10.2 Å². The van der Waals surface area contributed by atoms with Crippen molar-refractivity contribution in [3.8, 4) is 11.5 Å². The van der Waals surface area contributed by atoms with Crippen molar-refractivity contribution < 1.29 is 14.3 Å². The second-order valence-corrected chi connectivity index (χ2v) is 6.62. The van der Waals surface area contributed by atoms with Gasteiger partial charge in [0.15, 0.2) is 0 Å². The zero-order valence-electron chi connectivity index (χ0n) is 17.2. The lowest BCUT2D eigenvalue weighted by Gasteiger charge is -2.15. The molecule has 0 aliphatic carbocycles. The number of amides is 2. The third-order valence-electron chi connectivity index (χ3n) is 4.11. The Balaban J connectivity index is 2.01. The Labute approximate surface area is 166 Å². The second-order valence-electron chi connectivity index (χ2n) is 6.62. The van der Waals surface area contributed by atoms with Crippen LogP contribution in [0.5, 0.6) is 11.5 Å². The standard InChI is InChI=1S/C22H29N3O3/c1-6-27-19-10-8-18(9-11-19)24-22(26)25-23-14-17-13-20(15(3)4)21(28-7-2)12-16(17)5/h8-15H,6-7H2,1-5H3,(H2,24,25,26)/b23-14-. The van der Waals surface area contributed by atoms with E-state index in [0.29, 0.717) is 24.8 Å². The van der Waals surface area contributed by atoms with Crippen LogP contribution in [0.4, 0.5) is 10.5 Å². The molecule has 28 heavy (non-hydrogen) atoms. The fraction of sp³-hybridized carbons (Fsp3) is 0.364. The Bertz CT molecular complexity index is 815. The van der Waals surface area contributed by atoms with Crippen LogP contribution in [0.2, 0.25) is 0 Å². The van der Waals surface area contributed by atoms with Gasteiger partial charge >= 0.3 is 6.03 Å². The summed E-state index contributed by atoms with van der Waals surface area (Å²) in [5.74, 6) is 1.98. The van der Waals surface area contributed by atoms with E-state index in [4.69, 9.17) is 9.47 Å². The molecule has 0 saturated carbocycles. The van der Waals surface area contributed by atoms with Crippen LogP contribution in [-0.4, -0.2) is 25.5 Å². The van der Waals surface area contributed by atoms with E-state index < -0.39 is 6.03 Å². The summed E-state index contributed by atoms with van der Waals surface area (Å²) in [4.78, 5) is 12.0. The predicted molar refractivity (Wildman–Crippen MR) is 114 cm³/mol. The molecule has 6 heteroatoms. The first-order valence-electron chi connectivity index (χ1n) is 9.54. The SMILES string of the molecule is CCOc1ccc(NC(=O)N/N=C\c2cc(C(C)C)c(OCC)cc2C)cc1. The summed E-state index contributed by atoms with van der Waals surface area (Å²) in [7, 11) is 0. The van der Waals surface area contributed by atoms with Gasteiger partial charge in [0.1, 0.15) is 11.5 Å². The zero-order valence-corrected chi connectivity index (χ0v) is 17.2. The van der Waals surface area contributed by atoms with Gasteiger partial charge in [0.25, 0.3) is 0 Å². The molecular weight excluding hydrogens is 354 g/mol. The quantitative estimate of drug-likeness (QED) is 0.494. The first kappa shape index (κ1) is 21.3. The maximum Gasteiger partial charge on any atom is 0.339 e. The molecule has 150 valence electrons. The first-order valence-corrected chi connectivity index (χ1v) is 9.54. The van der Waals surface area contributed by atoms with Crippen molar-refractivity contribution in [2.75, 3.05) is 18.5 Å². The van der Waals surface area contributed by atoms with Gasteiger partial charge in [0.05, 0.1) is 19.4 Å². The van der Waals surface area contributed by atoms with Gasteiger partial charge in [0.2, 0.25) is 0 Å². The molecule has 0 heterocycles. The fourth-order valence-electron chi connectivity index (χ4n) is 2.71. The number of nitrogens with one attached hydrogen (secondary N) is 2. The molecule has 0 spiro atoms. The number of aryl methyl sites for hydroxylation is 1. The topological polar surface area (TPSA) is 72.0 Å². The van der Waals surface area contributed by atoms with Gasteiger partial charge in [0, 0.05) is 5.69 Å². The number of ether oxygens (including phenoxy) is 2. The van der Waals surface area contributed by atoms with Crippen LogP contribution in [0.1, 0.15) is 50.3 Å². The van der Waals surface area contributed by atoms with Crippen LogP contribution < -0.4 is 20.2 Å². The van der Waals surface area contributed by atoms with Crippen LogP contribution >= 0.6 is 0 Å². The number of rotatable bonds is 8. The lowest BCUT2D eigenvalue weighted by Crippen LogP contribution is -2.24. The maximum absolute atomic E-state index is 12.0. The first-order chi connectivity index (χ1) is 13.4. The summed E-state index contributed by atoms with van der Waals surface area (Å²) in [6, 6.07) is 10.8. The maximum atomic E-state index is 12.0. The summed E-state index contributed by atoms with van der Waals surface area (Å²) >= 11 is 0. The molecule has 0 aliphatic rings. The molecule has 2 N–H and O–H groups in total. The minimum absolute atomic E-state index is 0.324. The van der Waals surface area contributed by atoms with Crippen molar-refractivity contribution in [2.45, 2.75) is 40.5 Å². The molecule has 0 fully saturated rings. The summed E-state index contributed by atoms with van der Waals surface area (Å²) in [5.41, 5.74) is 6.24. The van der Waals surface area contributed by atoms with Crippen molar-refractivity contribution in [3.05, 3.63) is 53.1 Å². The minimum Gasteiger partial charge on any atom is -0.494 e. The monoisotopic (exact) mass is 383 g/mol. The van der Waals surface area contributed by atoms with Crippen LogP contribution in [0, 0.1) is 6.92 Å². The largest absolute Gasteiger partial charge is 0.494 e. The third kappa shape index (κ3) is 6.01. The number of carbonyl (C=O) groups excluding carboxylic acids is 1. The molecule has 0 saturated heterocycles. The molecule has 2 aromatic carbocycles. The Morgan fingerprint density at radius 3 is 2.39 bits per heavy atom. The van der Waals surface area contributed by atoms with Gasteiger partial charge in [-0.05, 0) is 79.8 Å². The highest BCUT2D eigenvalue weighted by Crippen LogP contribution is 2.29. The molecule has 0 bridgehead atoms. The number of nitrogens with zero attached hydrogens (tertiary/aromatic N) is 1. The normalized spacial score (nSPS) is 10.9. The van der Waals surface area contributed by atoms with Crippen molar-refractivity contribution in [1.82, 2.24) is 5.43 Å². The lowest BCUT2D eigenvalue weighted by molar-refractivity contribution is 0.252. The van der Waals surface area contributed by atoms with Crippen molar-refractivity contribution in [2.24, 2.45) is 5.10 Å². The number of hydrazone groups is 1. The number of hydrogen-bond donors (Lipinski definition) is 2. The van der Waals surface area contributed by atoms with Gasteiger partial charge in [-0.1, -0.05) is 13.8 Å². The Kier molecular flexibility index (Phi) is 7.87.